The molecule has 0 fully saturated rings. The van der Waals surface area contributed by atoms with E-state index in [0.29, 0.717) is 12.8 Å². The van der Waals surface area contributed by atoms with E-state index in [9.17, 15) is 9.59 Å². The van der Waals surface area contributed by atoms with Gasteiger partial charge in [0, 0.05) is 10.8 Å². The van der Waals surface area contributed by atoms with E-state index < -0.39 is 35.0 Å². The summed E-state index contributed by atoms with van der Waals surface area (Å²) in [6.07, 6.45) is -3.34. The van der Waals surface area contributed by atoms with Gasteiger partial charge >= 0.3 is 11.9 Å². The van der Waals surface area contributed by atoms with Crippen LogP contribution in [-0.2, 0) is 9.59 Å². The summed E-state index contributed by atoms with van der Waals surface area (Å²) < 4.78 is 0. The molecule has 0 aromatic carbocycles. The van der Waals surface area contributed by atoms with Crippen molar-refractivity contribution < 1.29 is 60.7 Å². The zero-order chi connectivity index (χ0) is 23.0. The first-order chi connectivity index (χ1) is 12.9. The van der Waals surface area contributed by atoms with Gasteiger partial charge in [-0.2, -0.15) is 0 Å². The lowest BCUT2D eigenvalue weighted by Crippen LogP contribution is -2.39. The molecule has 12 heteroatoms. The molecular formula is C16H34O12. The first-order valence-electron chi connectivity index (χ1n) is 8.42. The maximum Gasteiger partial charge on any atom is 0.335 e. The largest absolute Gasteiger partial charge is 0.479 e. The standard InChI is InChI=1S/2C6H14O3.C4H6O6/c2*1-2-6(3-7,4-8)5-9;5-1(3(7)8)2(6)4(9)10/h2*7-9H,2-5H2,1H3;1-2,5-6H,(H,7,8)(H,9,10). The molecule has 0 saturated carbocycles. The second-order valence-electron chi connectivity index (χ2n) is 6.22. The van der Waals surface area contributed by atoms with Crippen LogP contribution in [0.1, 0.15) is 26.7 Å². The molecule has 12 nitrogen and oxygen atoms in total. The lowest BCUT2D eigenvalue weighted by molar-refractivity contribution is -0.165. The van der Waals surface area contributed by atoms with E-state index in [2.05, 4.69) is 0 Å². The van der Waals surface area contributed by atoms with Gasteiger partial charge in [-0.05, 0) is 12.8 Å². The smallest absolute Gasteiger partial charge is 0.335 e. The average Bonchev–Trinajstić information content (AvgIpc) is 2.72. The molecule has 0 bridgehead atoms. The Kier molecular flexibility index (Phi) is 18.5. The second-order valence-corrected chi connectivity index (χ2v) is 6.22. The highest BCUT2D eigenvalue weighted by Crippen LogP contribution is 2.18. The van der Waals surface area contributed by atoms with Crippen LogP contribution >= 0.6 is 0 Å². The SMILES string of the molecule is CCC(CO)(CO)CO.CCC(CO)(CO)CO.O=C(O)C(O)C(O)C(=O)O. The summed E-state index contributed by atoms with van der Waals surface area (Å²) >= 11 is 0. The number of rotatable bonds is 11. The molecule has 0 aliphatic heterocycles. The minimum absolute atomic E-state index is 0.156. The van der Waals surface area contributed by atoms with E-state index in [1.165, 1.54) is 0 Å². The van der Waals surface area contributed by atoms with Crippen molar-refractivity contribution in [2.75, 3.05) is 39.6 Å². The van der Waals surface area contributed by atoms with Crippen molar-refractivity contribution in [3.8, 4) is 0 Å². The third-order valence-corrected chi connectivity index (χ3v) is 4.32. The summed E-state index contributed by atoms with van der Waals surface area (Å²) in [5.74, 6) is -3.54. The van der Waals surface area contributed by atoms with Crippen LogP contribution < -0.4 is 0 Å². The Morgan fingerprint density at radius 2 is 0.786 bits per heavy atom. The molecule has 0 rings (SSSR count). The van der Waals surface area contributed by atoms with E-state index in [-0.39, 0.29) is 39.6 Å². The van der Waals surface area contributed by atoms with E-state index in [4.69, 9.17) is 51.1 Å². The lowest BCUT2D eigenvalue weighted by Gasteiger charge is -2.24. The summed E-state index contributed by atoms with van der Waals surface area (Å²) in [6.45, 7) is 2.71. The highest BCUT2D eigenvalue weighted by molar-refractivity contribution is 5.83. The van der Waals surface area contributed by atoms with Gasteiger partial charge in [-0.3, -0.25) is 0 Å². The quantitative estimate of drug-likeness (QED) is 0.158. The molecule has 10 N–H and O–H groups in total. The predicted octanol–water partition coefficient (Wildman–Crippen LogP) is -3.40. The molecule has 0 amide bonds. The Morgan fingerprint density at radius 1 is 0.607 bits per heavy atom. The number of hydrogen-bond donors (Lipinski definition) is 10. The van der Waals surface area contributed by atoms with E-state index >= 15 is 0 Å². The fourth-order valence-electron chi connectivity index (χ4n) is 1.24. The van der Waals surface area contributed by atoms with Crippen molar-refractivity contribution in [2.45, 2.75) is 38.9 Å². The van der Waals surface area contributed by atoms with Gasteiger partial charge in [-0.1, -0.05) is 13.8 Å². The molecule has 170 valence electrons. The van der Waals surface area contributed by atoms with E-state index in [1.54, 1.807) is 0 Å². The topological polar surface area (TPSA) is 236 Å². The summed E-state index contributed by atoms with van der Waals surface area (Å²) in [7, 11) is 0. The van der Waals surface area contributed by atoms with Gasteiger partial charge in [0.2, 0.25) is 0 Å². The van der Waals surface area contributed by atoms with Crippen LogP contribution in [-0.4, -0.2) is 115 Å². The molecule has 0 saturated heterocycles. The van der Waals surface area contributed by atoms with Gasteiger partial charge in [0.05, 0.1) is 39.6 Å². The van der Waals surface area contributed by atoms with E-state index in [0.717, 1.165) is 0 Å². The molecule has 2 atom stereocenters. The molecule has 0 spiro atoms. The van der Waals surface area contributed by atoms with Crippen LogP contribution in [0.2, 0.25) is 0 Å². The number of carboxylic acid groups (broad SMARTS) is 2. The second kappa shape index (κ2) is 16.6. The van der Waals surface area contributed by atoms with Crippen molar-refractivity contribution in [1.82, 2.24) is 0 Å². The fourth-order valence-corrected chi connectivity index (χ4v) is 1.24. The Morgan fingerprint density at radius 3 is 0.821 bits per heavy atom. The van der Waals surface area contributed by atoms with Crippen molar-refractivity contribution in [2.24, 2.45) is 10.8 Å². The number of aliphatic hydroxyl groups is 8. The van der Waals surface area contributed by atoms with Crippen LogP contribution in [0.4, 0.5) is 0 Å². The van der Waals surface area contributed by atoms with Gasteiger partial charge in [0.1, 0.15) is 0 Å². The molecule has 0 aliphatic carbocycles. The minimum Gasteiger partial charge on any atom is -0.479 e. The Labute approximate surface area is 162 Å². The molecule has 0 aliphatic rings. The first kappa shape index (κ1) is 31.3. The lowest BCUT2D eigenvalue weighted by atomic mass is 9.88. The van der Waals surface area contributed by atoms with E-state index in [1.807, 2.05) is 13.8 Å². The van der Waals surface area contributed by atoms with Crippen molar-refractivity contribution >= 4 is 11.9 Å². The van der Waals surface area contributed by atoms with Crippen molar-refractivity contribution in [1.29, 1.82) is 0 Å². The van der Waals surface area contributed by atoms with Crippen molar-refractivity contribution in [3.05, 3.63) is 0 Å². The van der Waals surface area contributed by atoms with Gasteiger partial charge in [-0.15, -0.1) is 0 Å². The maximum absolute atomic E-state index is 9.77. The Hall–Kier alpha value is -1.38. The van der Waals surface area contributed by atoms with Gasteiger partial charge in [-0.25, -0.2) is 9.59 Å². The molecule has 0 heterocycles. The average molecular weight is 418 g/mol. The van der Waals surface area contributed by atoms with Crippen LogP contribution in [0.25, 0.3) is 0 Å². The molecular weight excluding hydrogens is 384 g/mol. The van der Waals surface area contributed by atoms with Crippen LogP contribution in [0, 0.1) is 10.8 Å². The van der Waals surface area contributed by atoms with Crippen LogP contribution in [0.15, 0.2) is 0 Å². The maximum atomic E-state index is 9.77. The molecule has 0 radical (unpaired) electrons. The normalized spacial score (nSPS) is 13.4. The number of aliphatic carboxylic acids is 2. The van der Waals surface area contributed by atoms with Gasteiger partial charge in [0.25, 0.3) is 0 Å². The summed E-state index contributed by atoms with van der Waals surface area (Å²) in [4.78, 5) is 19.5. The highest BCUT2D eigenvalue weighted by atomic mass is 16.4. The first-order valence-corrected chi connectivity index (χ1v) is 8.42. The number of carboxylic acids is 2. The molecule has 0 aromatic heterocycles. The number of hydrogen-bond acceptors (Lipinski definition) is 10. The molecule has 28 heavy (non-hydrogen) atoms. The zero-order valence-electron chi connectivity index (χ0n) is 16.1. The summed E-state index contributed by atoms with van der Waals surface area (Å²) in [5, 5.41) is 84.5. The third kappa shape index (κ3) is 11.5. The highest BCUT2D eigenvalue weighted by Gasteiger charge is 2.29. The number of aliphatic hydroxyl groups excluding tert-OH is 8. The summed E-state index contributed by atoms with van der Waals surface area (Å²) in [6, 6.07) is 0. The van der Waals surface area contributed by atoms with Crippen LogP contribution in [0.3, 0.4) is 0 Å². The zero-order valence-corrected chi connectivity index (χ0v) is 16.1. The van der Waals surface area contributed by atoms with Crippen molar-refractivity contribution in [3.63, 3.8) is 0 Å². The van der Waals surface area contributed by atoms with Crippen LogP contribution in [0.5, 0.6) is 0 Å². The summed E-state index contributed by atoms with van der Waals surface area (Å²) in [5.41, 5.74) is -1.33. The molecule has 2 unspecified atom stereocenters. The Balaban J connectivity index is -0.000000336. The number of carbonyl (C=O) groups is 2. The Bertz CT molecular complexity index is 333. The predicted molar refractivity (Wildman–Crippen MR) is 95.2 cm³/mol. The fraction of sp³-hybridized carbons (Fsp3) is 0.875. The minimum atomic E-state index is -2.27. The molecule has 0 aromatic rings. The van der Waals surface area contributed by atoms with Gasteiger partial charge in [0.15, 0.2) is 12.2 Å². The van der Waals surface area contributed by atoms with Gasteiger partial charge < -0.3 is 51.1 Å². The third-order valence-electron chi connectivity index (χ3n) is 4.32. The monoisotopic (exact) mass is 418 g/mol.